The molecule has 0 bridgehead atoms. The van der Waals surface area contributed by atoms with Gasteiger partial charge in [0.1, 0.15) is 23.1 Å². The summed E-state index contributed by atoms with van der Waals surface area (Å²) < 4.78 is 10.9. The molecule has 0 spiro atoms. The first-order valence-corrected chi connectivity index (χ1v) is 8.39. The van der Waals surface area contributed by atoms with E-state index < -0.39 is 0 Å². The van der Waals surface area contributed by atoms with Gasteiger partial charge >= 0.3 is 0 Å². The monoisotopic (exact) mass is 332 g/mol. The molecule has 23 heavy (non-hydrogen) atoms. The number of hydrogen-bond donors (Lipinski definition) is 1. The largest absolute Gasteiger partial charge is 0.497 e. The molecule has 2 heterocycles. The molecule has 5 nitrogen and oxygen atoms in total. The quantitative estimate of drug-likeness (QED) is 0.935. The summed E-state index contributed by atoms with van der Waals surface area (Å²) in [4.78, 5) is 18.0. The molecule has 1 amide bonds. The minimum absolute atomic E-state index is 0.0111. The molecule has 6 heteroatoms. The van der Waals surface area contributed by atoms with Crippen molar-refractivity contribution in [2.75, 3.05) is 13.7 Å². The maximum absolute atomic E-state index is 12.4. The highest BCUT2D eigenvalue weighted by Gasteiger charge is 2.26. The van der Waals surface area contributed by atoms with Gasteiger partial charge < -0.3 is 14.8 Å². The summed E-state index contributed by atoms with van der Waals surface area (Å²) in [5.41, 5.74) is 2.07. The number of thiazole rings is 1. The van der Waals surface area contributed by atoms with Crippen LogP contribution in [-0.2, 0) is 17.8 Å². The lowest BCUT2D eigenvalue weighted by molar-refractivity contribution is -0.126. The zero-order valence-electron chi connectivity index (χ0n) is 13.5. The number of aromatic nitrogens is 1. The molecule has 1 aromatic carbocycles. The van der Waals surface area contributed by atoms with E-state index in [-0.39, 0.29) is 11.8 Å². The van der Waals surface area contributed by atoms with Gasteiger partial charge in [-0.25, -0.2) is 4.98 Å². The number of aryl methyl sites for hydroxylation is 2. The molecule has 1 atom stereocenters. The second kappa shape index (κ2) is 6.58. The third-order valence-electron chi connectivity index (χ3n) is 4.04. The Bertz CT molecular complexity index is 707. The average molecular weight is 332 g/mol. The van der Waals surface area contributed by atoms with E-state index in [9.17, 15) is 4.79 Å². The minimum Gasteiger partial charge on any atom is -0.497 e. The molecule has 0 unspecified atom stereocenters. The Morgan fingerprint density at radius 3 is 3.00 bits per heavy atom. The summed E-state index contributed by atoms with van der Waals surface area (Å²) in [6.45, 7) is 4.89. The van der Waals surface area contributed by atoms with Crippen molar-refractivity contribution in [2.45, 2.75) is 26.8 Å². The number of fused-ring (bicyclic) bond motifs is 1. The first-order chi connectivity index (χ1) is 11.1. The predicted molar refractivity (Wildman–Crippen MR) is 89.1 cm³/mol. The van der Waals surface area contributed by atoms with E-state index in [1.165, 1.54) is 4.88 Å². The molecule has 0 aliphatic carbocycles. The number of hydrogen-bond acceptors (Lipinski definition) is 5. The van der Waals surface area contributed by atoms with Gasteiger partial charge in [-0.2, -0.15) is 0 Å². The van der Waals surface area contributed by atoms with Crippen LogP contribution in [0.5, 0.6) is 11.5 Å². The molecule has 1 aliphatic heterocycles. The van der Waals surface area contributed by atoms with E-state index >= 15 is 0 Å². The second-order valence-corrected chi connectivity index (χ2v) is 6.94. The Kier molecular flexibility index (Phi) is 4.52. The first-order valence-electron chi connectivity index (χ1n) is 7.57. The number of nitrogens with one attached hydrogen (secondary N) is 1. The number of carbonyl (C=O) groups excluding carboxylic acids is 1. The number of ether oxygens (including phenoxy) is 2. The molecule has 0 fully saturated rings. The van der Waals surface area contributed by atoms with Crippen LogP contribution in [0.2, 0.25) is 0 Å². The number of benzene rings is 1. The zero-order chi connectivity index (χ0) is 16.4. The fourth-order valence-corrected chi connectivity index (χ4v) is 3.44. The van der Waals surface area contributed by atoms with Crippen molar-refractivity contribution in [3.05, 3.63) is 39.3 Å². The van der Waals surface area contributed by atoms with Crippen molar-refractivity contribution in [1.29, 1.82) is 0 Å². The summed E-state index contributed by atoms with van der Waals surface area (Å²) in [6.07, 6.45) is 0.682. The lowest BCUT2D eigenvalue weighted by atomic mass is 9.96. The fraction of sp³-hybridized carbons (Fsp3) is 0.412. The number of amides is 1. The van der Waals surface area contributed by atoms with Crippen molar-refractivity contribution in [1.82, 2.24) is 10.3 Å². The normalized spacial score (nSPS) is 16.4. The van der Waals surface area contributed by atoms with Crippen LogP contribution in [0, 0.1) is 19.8 Å². The summed E-state index contributed by atoms with van der Waals surface area (Å²) >= 11 is 1.62. The van der Waals surface area contributed by atoms with Crippen LogP contribution in [0.1, 0.15) is 21.1 Å². The number of rotatable bonds is 4. The summed E-state index contributed by atoms with van der Waals surface area (Å²) in [7, 11) is 1.63. The van der Waals surface area contributed by atoms with Crippen molar-refractivity contribution in [3.8, 4) is 11.5 Å². The smallest absolute Gasteiger partial charge is 0.227 e. The second-order valence-electron chi connectivity index (χ2n) is 5.65. The first kappa shape index (κ1) is 15.8. The molecular formula is C17H20N2O3S. The van der Waals surface area contributed by atoms with Crippen LogP contribution in [0.15, 0.2) is 18.2 Å². The Hall–Kier alpha value is -2.08. The number of nitrogens with zero attached hydrogens (tertiary/aromatic N) is 1. The Morgan fingerprint density at radius 2 is 2.30 bits per heavy atom. The third kappa shape index (κ3) is 3.47. The van der Waals surface area contributed by atoms with E-state index in [4.69, 9.17) is 9.47 Å². The number of carbonyl (C=O) groups is 1. The molecule has 0 saturated carbocycles. The van der Waals surface area contributed by atoms with Crippen LogP contribution in [-0.4, -0.2) is 24.6 Å². The lowest BCUT2D eigenvalue weighted by Crippen LogP contribution is -2.37. The summed E-state index contributed by atoms with van der Waals surface area (Å²) in [5.74, 6) is 1.41. The van der Waals surface area contributed by atoms with Crippen molar-refractivity contribution in [3.63, 3.8) is 0 Å². The third-order valence-corrected chi connectivity index (χ3v) is 5.11. The molecule has 1 aliphatic rings. The van der Waals surface area contributed by atoms with Crippen LogP contribution < -0.4 is 14.8 Å². The van der Waals surface area contributed by atoms with Crippen molar-refractivity contribution < 1.29 is 14.3 Å². The van der Waals surface area contributed by atoms with Gasteiger partial charge in [-0.1, -0.05) is 6.07 Å². The van der Waals surface area contributed by atoms with Gasteiger partial charge in [0.15, 0.2) is 0 Å². The minimum atomic E-state index is -0.168. The highest BCUT2D eigenvalue weighted by molar-refractivity contribution is 7.11. The lowest BCUT2D eigenvalue weighted by Gasteiger charge is -2.24. The summed E-state index contributed by atoms with van der Waals surface area (Å²) in [6, 6.07) is 5.72. The van der Waals surface area contributed by atoms with E-state index in [0.29, 0.717) is 19.6 Å². The van der Waals surface area contributed by atoms with Gasteiger partial charge in [-0.05, 0) is 31.9 Å². The van der Waals surface area contributed by atoms with Gasteiger partial charge in [0.2, 0.25) is 5.91 Å². The van der Waals surface area contributed by atoms with Crippen LogP contribution >= 0.6 is 11.3 Å². The molecule has 2 aromatic rings. The van der Waals surface area contributed by atoms with E-state index in [2.05, 4.69) is 10.3 Å². The maximum Gasteiger partial charge on any atom is 0.227 e. The van der Waals surface area contributed by atoms with E-state index in [1.54, 1.807) is 18.4 Å². The molecule has 1 N–H and O–H groups in total. The van der Waals surface area contributed by atoms with Crippen molar-refractivity contribution in [2.24, 2.45) is 5.92 Å². The molecule has 0 radical (unpaired) electrons. The van der Waals surface area contributed by atoms with Gasteiger partial charge in [-0.15, -0.1) is 11.3 Å². The van der Waals surface area contributed by atoms with Crippen LogP contribution in [0.25, 0.3) is 0 Å². The average Bonchev–Trinajstić information content (AvgIpc) is 2.89. The Morgan fingerprint density at radius 1 is 1.48 bits per heavy atom. The SMILES string of the molecule is COc1ccc2c(c1)OC[C@H](C(=O)NCc1nc(C)c(C)s1)C2. The predicted octanol–water partition coefficient (Wildman–Crippen LogP) is 2.64. The Labute approximate surface area is 139 Å². The maximum atomic E-state index is 12.4. The standard InChI is InChI=1S/C17H20N2O3S/c1-10-11(2)23-16(19-10)8-18-17(20)13-6-12-4-5-14(21-3)7-15(12)22-9-13/h4-5,7,13H,6,8-9H2,1-3H3,(H,18,20)/t13-/m1/s1. The van der Waals surface area contributed by atoms with Gasteiger partial charge in [0, 0.05) is 10.9 Å². The van der Waals surface area contributed by atoms with Crippen LogP contribution in [0.3, 0.4) is 0 Å². The molecule has 3 rings (SSSR count). The van der Waals surface area contributed by atoms with E-state index in [1.807, 2.05) is 32.0 Å². The number of methoxy groups -OCH3 is 1. The molecule has 0 saturated heterocycles. The van der Waals surface area contributed by atoms with Gasteiger partial charge in [-0.3, -0.25) is 4.79 Å². The molecule has 1 aromatic heterocycles. The molecule has 122 valence electrons. The van der Waals surface area contributed by atoms with Crippen LogP contribution in [0.4, 0.5) is 0 Å². The van der Waals surface area contributed by atoms with E-state index in [0.717, 1.165) is 27.8 Å². The highest BCUT2D eigenvalue weighted by Crippen LogP contribution is 2.31. The highest BCUT2D eigenvalue weighted by atomic mass is 32.1. The Balaban J connectivity index is 1.60. The molecular weight excluding hydrogens is 312 g/mol. The zero-order valence-corrected chi connectivity index (χ0v) is 14.3. The van der Waals surface area contributed by atoms with Gasteiger partial charge in [0.25, 0.3) is 0 Å². The topological polar surface area (TPSA) is 60.5 Å². The summed E-state index contributed by atoms with van der Waals surface area (Å²) in [5, 5.41) is 3.91. The fourth-order valence-electron chi connectivity index (χ4n) is 2.57. The van der Waals surface area contributed by atoms with Gasteiger partial charge in [0.05, 0.1) is 25.3 Å². The van der Waals surface area contributed by atoms with Crippen molar-refractivity contribution >= 4 is 17.2 Å².